The van der Waals surface area contributed by atoms with Crippen LogP contribution in [0.2, 0.25) is 0 Å². The predicted octanol–water partition coefficient (Wildman–Crippen LogP) is 2.66. The molecule has 8 heteroatoms. The summed E-state index contributed by atoms with van der Waals surface area (Å²) in [6.45, 7) is 0.792. The fourth-order valence-electron chi connectivity index (χ4n) is 2.55. The summed E-state index contributed by atoms with van der Waals surface area (Å²) in [6.07, 6.45) is 3.39. The third kappa shape index (κ3) is 2.91. The van der Waals surface area contributed by atoms with Gasteiger partial charge in [-0.05, 0) is 18.9 Å². The lowest BCUT2D eigenvalue weighted by molar-refractivity contribution is -0.384. The minimum Gasteiger partial charge on any atom is -0.336 e. The molecule has 2 heterocycles. The highest BCUT2D eigenvalue weighted by Gasteiger charge is 2.32. The summed E-state index contributed by atoms with van der Waals surface area (Å²) >= 11 is 1.50. The lowest BCUT2D eigenvalue weighted by atomic mass is 10.2. The average Bonchev–Trinajstić information content (AvgIpc) is 3.18. The largest absolute Gasteiger partial charge is 0.336 e. The first-order valence-electron chi connectivity index (χ1n) is 6.86. The third-order valence-corrected chi connectivity index (χ3v) is 4.35. The maximum Gasteiger partial charge on any atom is 0.271 e. The first-order chi connectivity index (χ1) is 10.6. The van der Waals surface area contributed by atoms with Gasteiger partial charge < -0.3 is 10.2 Å². The molecule has 0 unspecified atom stereocenters. The molecule has 1 aliphatic heterocycles. The summed E-state index contributed by atoms with van der Waals surface area (Å²) in [7, 11) is 0. The average molecular weight is 318 g/mol. The Hall–Kier alpha value is -2.48. The number of carbonyl (C=O) groups is 1. The van der Waals surface area contributed by atoms with E-state index in [1.807, 2.05) is 10.3 Å². The molecule has 1 saturated heterocycles. The van der Waals surface area contributed by atoms with Crippen LogP contribution < -0.4 is 10.2 Å². The Morgan fingerprint density at radius 3 is 3.09 bits per heavy atom. The first-order valence-corrected chi connectivity index (χ1v) is 7.74. The van der Waals surface area contributed by atoms with Crippen molar-refractivity contribution in [2.24, 2.45) is 0 Å². The van der Waals surface area contributed by atoms with Crippen LogP contribution in [0.3, 0.4) is 0 Å². The molecule has 0 spiro atoms. The minimum absolute atomic E-state index is 0.0407. The van der Waals surface area contributed by atoms with Crippen molar-refractivity contribution in [3.8, 4) is 0 Å². The molecule has 1 aliphatic rings. The lowest BCUT2D eigenvalue weighted by Gasteiger charge is -2.23. The van der Waals surface area contributed by atoms with Crippen LogP contribution >= 0.6 is 11.3 Å². The smallest absolute Gasteiger partial charge is 0.271 e. The molecule has 0 bridgehead atoms. The van der Waals surface area contributed by atoms with Gasteiger partial charge in [0, 0.05) is 35.9 Å². The molecule has 0 aliphatic carbocycles. The maximum absolute atomic E-state index is 12.5. The van der Waals surface area contributed by atoms with Crippen molar-refractivity contribution in [1.82, 2.24) is 4.98 Å². The number of non-ortho nitro benzene ring substituents is 1. The van der Waals surface area contributed by atoms with E-state index in [4.69, 9.17) is 0 Å². The molecule has 1 fully saturated rings. The van der Waals surface area contributed by atoms with Crippen LogP contribution in [0.15, 0.2) is 35.8 Å². The van der Waals surface area contributed by atoms with E-state index in [-0.39, 0.29) is 17.6 Å². The van der Waals surface area contributed by atoms with Gasteiger partial charge in [-0.3, -0.25) is 14.9 Å². The number of rotatable bonds is 4. The zero-order valence-corrected chi connectivity index (χ0v) is 12.5. The lowest BCUT2D eigenvalue weighted by Crippen LogP contribution is -2.39. The molecule has 2 aromatic rings. The molecule has 114 valence electrons. The summed E-state index contributed by atoms with van der Waals surface area (Å²) in [4.78, 5) is 29.0. The third-order valence-electron chi connectivity index (χ3n) is 3.54. The van der Waals surface area contributed by atoms with Crippen molar-refractivity contribution in [3.63, 3.8) is 0 Å². The Bertz CT molecular complexity index is 689. The molecule has 0 radical (unpaired) electrons. The normalized spacial score (nSPS) is 17.5. The van der Waals surface area contributed by atoms with E-state index in [1.54, 1.807) is 18.3 Å². The number of nitro groups is 1. The number of nitrogens with zero attached hydrogens (tertiary/aromatic N) is 3. The van der Waals surface area contributed by atoms with Crippen LogP contribution in [0, 0.1) is 10.1 Å². The van der Waals surface area contributed by atoms with Crippen molar-refractivity contribution in [2.45, 2.75) is 18.9 Å². The van der Waals surface area contributed by atoms with E-state index < -0.39 is 4.92 Å². The van der Waals surface area contributed by atoms with Crippen LogP contribution in [0.25, 0.3) is 0 Å². The number of nitro benzene ring substituents is 1. The van der Waals surface area contributed by atoms with Crippen molar-refractivity contribution in [2.75, 3.05) is 16.8 Å². The molecule has 7 nitrogen and oxygen atoms in total. The summed E-state index contributed by atoms with van der Waals surface area (Å²) < 4.78 is 0. The van der Waals surface area contributed by atoms with Gasteiger partial charge in [-0.25, -0.2) is 4.98 Å². The minimum atomic E-state index is -0.479. The SMILES string of the molecule is O=C(Nc1cccc([N+](=O)[O-])c1)[C@@H]1CCCN1c1nccs1. The van der Waals surface area contributed by atoms with Gasteiger partial charge in [-0.1, -0.05) is 6.07 Å². The Morgan fingerprint density at radius 1 is 1.50 bits per heavy atom. The molecular weight excluding hydrogens is 304 g/mol. The zero-order valence-electron chi connectivity index (χ0n) is 11.6. The van der Waals surface area contributed by atoms with Crippen LogP contribution in [0.5, 0.6) is 0 Å². The number of amides is 1. The van der Waals surface area contributed by atoms with Gasteiger partial charge in [-0.15, -0.1) is 11.3 Å². The Labute approximate surface area is 130 Å². The number of hydrogen-bond acceptors (Lipinski definition) is 6. The predicted molar refractivity (Wildman–Crippen MR) is 84.2 cm³/mol. The summed E-state index contributed by atoms with van der Waals surface area (Å²) in [5, 5.41) is 16.3. The number of nitrogens with one attached hydrogen (secondary N) is 1. The zero-order chi connectivity index (χ0) is 15.5. The number of anilines is 2. The van der Waals surface area contributed by atoms with Gasteiger partial charge >= 0.3 is 0 Å². The van der Waals surface area contributed by atoms with Gasteiger partial charge in [0.2, 0.25) is 5.91 Å². The fourth-order valence-corrected chi connectivity index (χ4v) is 3.27. The van der Waals surface area contributed by atoms with E-state index in [2.05, 4.69) is 10.3 Å². The molecule has 1 aromatic carbocycles. The van der Waals surface area contributed by atoms with Crippen molar-refractivity contribution < 1.29 is 9.72 Å². The van der Waals surface area contributed by atoms with Crippen molar-refractivity contribution in [1.29, 1.82) is 0 Å². The van der Waals surface area contributed by atoms with Crippen LogP contribution in [-0.4, -0.2) is 28.4 Å². The second-order valence-corrected chi connectivity index (χ2v) is 5.84. The molecule has 1 amide bonds. The van der Waals surface area contributed by atoms with Crippen LogP contribution in [0.1, 0.15) is 12.8 Å². The second kappa shape index (κ2) is 6.10. The molecule has 1 N–H and O–H groups in total. The Kier molecular flexibility index (Phi) is 4.01. The first kappa shape index (κ1) is 14.5. The molecule has 1 aromatic heterocycles. The van der Waals surface area contributed by atoms with E-state index in [9.17, 15) is 14.9 Å². The van der Waals surface area contributed by atoms with Crippen molar-refractivity contribution in [3.05, 3.63) is 46.0 Å². The van der Waals surface area contributed by atoms with E-state index >= 15 is 0 Å². The quantitative estimate of drug-likeness (QED) is 0.691. The van der Waals surface area contributed by atoms with E-state index in [0.717, 1.165) is 24.5 Å². The molecule has 3 rings (SSSR count). The standard InChI is InChI=1S/C14H14N4O3S/c19-13(16-10-3-1-4-11(9-10)18(20)21)12-5-2-7-17(12)14-15-6-8-22-14/h1,3-4,6,8-9,12H,2,5,7H2,(H,16,19)/t12-/m0/s1. The van der Waals surface area contributed by atoms with Gasteiger partial charge in [-0.2, -0.15) is 0 Å². The van der Waals surface area contributed by atoms with Gasteiger partial charge in [0.15, 0.2) is 5.13 Å². The Morgan fingerprint density at radius 2 is 2.36 bits per heavy atom. The number of hydrogen-bond donors (Lipinski definition) is 1. The molecular formula is C14H14N4O3S. The van der Waals surface area contributed by atoms with E-state index in [0.29, 0.717) is 5.69 Å². The monoisotopic (exact) mass is 318 g/mol. The fraction of sp³-hybridized carbons (Fsp3) is 0.286. The summed E-state index contributed by atoms with van der Waals surface area (Å²) in [5.74, 6) is -0.159. The Balaban J connectivity index is 1.74. The molecule has 0 saturated carbocycles. The number of carbonyl (C=O) groups excluding carboxylic acids is 1. The van der Waals surface area contributed by atoms with Crippen LogP contribution in [0.4, 0.5) is 16.5 Å². The maximum atomic E-state index is 12.5. The highest BCUT2D eigenvalue weighted by molar-refractivity contribution is 7.13. The van der Waals surface area contributed by atoms with Crippen molar-refractivity contribution >= 4 is 33.8 Å². The van der Waals surface area contributed by atoms with Gasteiger partial charge in [0.1, 0.15) is 6.04 Å². The highest BCUT2D eigenvalue weighted by atomic mass is 32.1. The van der Waals surface area contributed by atoms with Crippen LogP contribution in [-0.2, 0) is 4.79 Å². The topological polar surface area (TPSA) is 88.4 Å². The number of aromatic nitrogens is 1. The molecule has 22 heavy (non-hydrogen) atoms. The highest BCUT2D eigenvalue weighted by Crippen LogP contribution is 2.28. The summed E-state index contributed by atoms with van der Waals surface area (Å²) in [6, 6.07) is 5.67. The second-order valence-electron chi connectivity index (χ2n) is 4.96. The summed E-state index contributed by atoms with van der Waals surface area (Å²) in [5.41, 5.74) is 0.395. The van der Waals surface area contributed by atoms with Gasteiger partial charge in [0.25, 0.3) is 5.69 Å². The number of thiazole rings is 1. The number of benzene rings is 1. The van der Waals surface area contributed by atoms with E-state index in [1.165, 1.54) is 23.5 Å². The van der Waals surface area contributed by atoms with Gasteiger partial charge in [0.05, 0.1) is 4.92 Å². The molecule has 1 atom stereocenters.